The Bertz CT molecular complexity index is 899. The maximum Gasteiger partial charge on any atom is 0.0595 e. The number of nitrogens with two attached hydrogens (primary N) is 1. The molecule has 0 aliphatic carbocycles. The molecule has 3 aromatic rings. The van der Waals surface area contributed by atoms with Crippen LogP contribution < -0.4 is 5.73 Å². The van der Waals surface area contributed by atoms with Crippen molar-refractivity contribution in [1.82, 2.24) is 0 Å². The van der Waals surface area contributed by atoms with E-state index in [0.717, 1.165) is 12.0 Å². The van der Waals surface area contributed by atoms with Crippen LogP contribution in [0, 0.1) is 5.92 Å². The van der Waals surface area contributed by atoms with E-state index in [1.54, 1.807) is 0 Å². The van der Waals surface area contributed by atoms with Gasteiger partial charge < -0.3 is 5.73 Å². The molecule has 2 atom stereocenters. The van der Waals surface area contributed by atoms with Gasteiger partial charge >= 0.3 is 0 Å². The predicted octanol–water partition coefficient (Wildman–Crippen LogP) is 6.37. The molecular formula is C22H21Cl2N. The van der Waals surface area contributed by atoms with Gasteiger partial charge in [-0.25, -0.2) is 0 Å². The molecular weight excluding hydrogens is 349 g/mol. The Morgan fingerprint density at radius 3 is 2.40 bits per heavy atom. The molecule has 0 radical (unpaired) electrons. The molecule has 0 fully saturated rings. The van der Waals surface area contributed by atoms with Gasteiger partial charge in [0.1, 0.15) is 0 Å². The molecule has 0 amide bonds. The van der Waals surface area contributed by atoms with E-state index < -0.39 is 0 Å². The molecule has 128 valence electrons. The second kappa shape index (κ2) is 8.05. The normalized spacial score (nSPS) is 14.1. The summed E-state index contributed by atoms with van der Waals surface area (Å²) < 4.78 is 0. The number of halogens is 2. The second-order valence-electron chi connectivity index (χ2n) is 6.44. The van der Waals surface area contributed by atoms with E-state index in [1.165, 1.54) is 16.3 Å². The molecule has 0 bridgehead atoms. The highest BCUT2D eigenvalue weighted by molar-refractivity contribution is 6.42. The van der Waals surface area contributed by atoms with Gasteiger partial charge in [-0.3, -0.25) is 0 Å². The number of hydrogen-bond donors (Lipinski definition) is 1. The van der Waals surface area contributed by atoms with Crippen LogP contribution in [0.4, 0.5) is 0 Å². The molecule has 0 heterocycles. The van der Waals surface area contributed by atoms with Crippen LogP contribution in [0.25, 0.3) is 16.8 Å². The lowest BCUT2D eigenvalue weighted by Crippen LogP contribution is -2.26. The third-order valence-electron chi connectivity index (χ3n) is 4.44. The van der Waals surface area contributed by atoms with E-state index in [4.69, 9.17) is 28.9 Å². The van der Waals surface area contributed by atoms with Crippen LogP contribution >= 0.6 is 23.2 Å². The van der Waals surface area contributed by atoms with E-state index >= 15 is 0 Å². The fourth-order valence-corrected chi connectivity index (χ4v) is 3.23. The lowest BCUT2D eigenvalue weighted by molar-refractivity contribution is 0.534. The zero-order valence-electron chi connectivity index (χ0n) is 14.1. The van der Waals surface area contributed by atoms with Gasteiger partial charge in [-0.1, -0.05) is 77.8 Å². The molecule has 0 aromatic heterocycles. The largest absolute Gasteiger partial charge is 0.327 e. The maximum atomic E-state index is 6.20. The van der Waals surface area contributed by atoms with E-state index in [-0.39, 0.29) is 12.0 Å². The minimum absolute atomic E-state index is 0.0474. The van der Waals surface area contributed by atoms with Crippen molar-refractivity contribution in [3.63, 3.8) is 0 Å². The minimum Gasteiger partial charge on any atom is -0.327 e. The van der Waals surface area contributed by atoms with Gasteiger partial charge in [0.15, 0.2) is 0 Å². The summed E-state index contributed by atoms with van der Waals surface area (Å²) in [6.45, 7) is 2.03. The number of benzene rings is 3. The highest BCUT2D eigenvalue weighted by Gasteiger charge is 2.12. The fraction of sp³-hybridized carbons (Fsp3) is 0.182. The van der Waals surface area contributed by atoms with Gasteiger partial charge in [-0.2, -0.15) is 0 Å². The number of hydrogen-bond acceptors (Lipinski definition) is 1. The van der Waals surface area contributed by atoms with E-state index in [2.05, 4.69) is 54.6 Å². The SMILES string of the molecule is CC(N)C(/C=C/c1ccc2ccccc2c1)Cc1ccc(Cl)c(Cl)c1. The summed E-state index contributed by atoms with van der Waals surface area (Å²) >= 11 is 12.1. The monoisotopic (exact) mass is 369 g/mol. The molecule has 0 spiro atoms. The molecule has 3 aromatic carbocycles. The van der Waals surface area contributed by atoms with E-state index in [9.17, 15) is 0 Å². The van der Waals surface area contributed by atoms with Crippen molar-refractivity contribution in [2.24, 2.45) is 11.7 Å². The quantitative estimate of drug-likeness (QED) is 0.555. The van der Waals surface area contributed by atoms with Crippen LogP contribution in [0.2, 0.25) is 10.0 Å². The first-order chi connectivity index (χ1) is 12.0. The van der Waals surface area contributed by atoms with Crippen molar-refractivity contribution in [2.75, 3.05) is 0 Å². The third-order valence-corrected chi connectivity index (χ3v) is 5.18. The third kappa shape index (κ3) is 4.64. The second-order valence-corrected chi connectivity index (χ2v) is 7.26. The molecule has 2 unspecified atom stereocenters. The Hall–Kier alpha value is -1.80. The van der Waals surface area contributed by atoms with Gasteiger partial charge in [0, 0.05) is 6.04 Å². The zero-order valence-corrected chi connectivity index (χ0v) is 15.6. The van der Waals surface area contributed by atoms with Crippen molar-refractivity contribution >= 4 is 40.1 Å². The number of fused-ring (bicyclic) bond motifs is 1. The highest BCUT2D eigenvalue weighted by Crippen LogP contribution is 2.25. The van der Waals surface area contributed by atoms with Gasteiger partial charge in [-0.05, 0) is 59.4 Å². The Balaban J connectivity index is 1.80. The molecule has 3 rings (SSSR count). The molecule has 0 aliphatic rings. The standard InChI is InChI=1S/C22H21Cl2N/c1-15(25)19(13-17-8-11-21(23)22(24)14-17)10-7-16-6-9-18-4-2-3-5-20(18)12-16/h2-12,14-15,19H,13,25H2,1H3/b10-7+. The Morgan fingerprint density at radius 2 is 1.68 bits per heavy atom. The molecule has 2 N–H and O–H groups in total. The summed E-state index contributed by atoms with van der Waals surface area (Å²) in [6.07, 6.45) is 5.17. The van der Waals surface area contributed by atoms with E-state index in [0.29, 0.717) is 10.0 Å². The number of rotatable bonds is 5. The van der Waals surface area contributed by atoms with Crippen molar-refractivity contribution in [2.45, 2.75) is 19.4 Å². The van der Waals surface area contributed by atoms with Crippen LogP contribution in [0.5, 0.6) is 0 Å². The predicted molar refractivity (Wildman–Crippen MR) is 110 cm³/mol. The first kappa shape index (κ1) is 18.0. The average Bonchev–Trinajstić information content (AvgIpc) is 2.61. The lowest BCUT2D eigenvalue weighted by Gasteiger charge is -2.17. The van der Waals surface area contributed by atoms with Gasteiger partial charge in [0.25, 0.3) is 0 Å². The summed E-state index contributed by atoms with van der Waals surface area (Å²) in [5.74, 6) is 0.226. The first-order valence-electron chi connectivity index (χ1n) is 8.39. The topological polar surface area (TPSA) is 26.0 Å². The molecule has 0 saturated heterocycles. The van der Waals surface area contributed by atoms with Crippen molar-refractivity contribution < 1.29 is 0 Å². The molecule has 3 heteroatoms. The smallest absolute Gasteiger partial charge is 0.0595 e. The average molecular weight is 370 g/mol. The summed E-state index contributed by atoms with van der Waals surface area (Å²) in [7, 11) is 0. The summed E-state index contributed by atoms with van der Waals surface area (Å²) in [5, 5.41) is 3.65. The lowest BCUT2D eigenvalue weighted by atomic mass is 9.92. The summed E-state index contributed by atoms with van der Waals surface area (Å²) in [6, 6.07) is 20.7. The first-order valence-corrected chi connectivity index (χ1v) is 9.15. The molecule has 0 aliphatic heterocycles. The van der Waals surface area contributed by atoms with Gasteiger partial charge in [-0.15, -0.1) is 0 Å². The summed E-state index contributed by atoms with van der Waals surface area (Å²) in [4.78, 5) is 0. The Morgan fingerprint density at radius 1 is 0.920 bits per heavy atom. The minimum atomic E-state index is 0.0474. The van der Waals surface area contributed by atoms with E-state index in [1.807, 2.05) is 25.1 Å². The van der Waals surface area contributed by atoms with Crippen LogP contribution in [0.1, 0.15) is 18.1 Å². The van der Waals surface area contributed by atoms with Gasteiger partial charge in [0.2, 0.25) is 0 Å². The molecule has 1 nitrogen and oxygen atoms in total. The van der Waals surface area contributed by atoms with Crippen LogP contribution in [-0.4, -0.2) is 6.04 Å². The fourth-order valence-electron chi connectivity index (χ4n) is 2.91. The maximum absolute atomic E-state index is 6.20. The molecule has 0 saturated carbocycles. The molecule has 25 heavy (non-hydrogen) atoms. The Kier molecular flexibility index (Phi) is 5.80. The summed E-state index contributed by atoms with van der Waals surface area (Å²) in [5.41, 5.74) is 8.51. The zero-order chi connectivity index (χ0) is 17.8. The highest BCUT2D eigenvalue weighted by atomic mass is 35.5. The van der Waals surface area contributed by atoms with Crippen molar-refractivity contribution in [1.29, 1.82) is 0 Å². The van der Waals surface area contributed by atoms with Gasteiger partial charge in [0.05, 0.1) is 10.0 Å². The van der Waals surface area contributed by atoms with Crippen molar-refractivity contribution in [3.05, 3.63) is 87.9 Å². The van der Waals surface area contributed by atoms with Crippen LogP contribution in [0.3, 0.4) is 0 Å². The van der Waals surface area contributed by atoms with Crippen LogP contribution in [0.15, 0.2) is 66.7 Å². The van der Waals surface area contributed by atoms with Crippen molar-refractivity contribution in [3.8, 4) is 0 Å². The Labute approximate surface area is 159 Å². The van der Waals surface area contributed by atoms with Crippen LogP contribution in [-0.2, 0) is 6.42 Å².